The molecule has 2 unspecified atom stereocenters. The van der Waals surface area contributed by atoms with Crippen molar-refractivity contribution in [3.8, 4) is 5.75 Å². The second-order valence-corrected chi connectivity index (χ2v) is 7.30. The van der Waals surface area contributed by atoms with Crippen LogP contribution >= 0.6 is 24.0 Å². The lowest BCUT2D eigenvalue weighted by atomic mass is 10.1. The highest BCUT2D eigenvalue weighted by molar-refractivity contribution is 14.0. The first-order valence-corrected chi connectivity index (χ1v) is 9.80. The summed E-state index contributed by atoms with van der Waals surface area (Å²) in [4.78, 5) is 6.02. The van der Waals surface area contributed by atoms with Crippen LogP contribution in [0.25, 0.3) is 0 Å². The first-order chi connectivity index (χ1) is 13.3. The van der Waals surface area contributed by atoms with Crippen molar-refractivity contribution >= 4 is 29.9 Å². The van der Waals surface area contributed by atoms with Crippen LogP contribution in [0.4, 0.5) is 13.2 Å². The molecule has 0 aromatic heterocycles. The third-order valence-corrected chi connectivity index (χ3v) is 4.60. The molecule has 0 spiro atoms. The molecule has 0 aliphatic carbocycles. The van der Waals surface area contributed by atoms with Crippen LogP contribution in [0.2, 0.25) is 0 Å². The number of ether oxygens (including phenoxy) is 1. The Morgan fingerprint density at radius 1 is 1.31 bits per heavy atom. The lowest BCUT2D eigenvalue weighted by Gasteiger charge is -2.19. The summed E-state index contributed by atoms with van der Waals surface area (Å²) in [6.07, 6.45) is -3.47. The lowest BCUT2D eigenvalue weighted by Crippen LogP contribution is -2.41. The Balaban J connectivity index is 0.00000420. The van der Waals surface area contributed by atoms with Crippen molar-refractivity contribution in [1.29, 1.82) is 0 Å². The maximum absolute atomic E-state index is 12.5. The van der Waals surface area contributed by atoms with Crippen LogP contribution < -0.4 is 15.4 Å². The molecule has 1 aliphatic heterocycles. The number of aryl methyl sites for hydroxylation is 1. The van der Waals surface area contributed by atoms with E-state index in [0.717, 1.165) is 17.7 Å². The average Bonchev–Trinajstić information content (AvgIpc) is 3.05. The van der Waals surface area contributed by atoms with E-state index in [-0.39, 0.29) is 36.0 Å². The van der Waals surface area contributed by atoms with E-state index < -0.39 is 12.7 Å². The number of alkyl halides is 3. The smallest absolute Gasteiger partial charge is 0.401 e. The van der Waals surface area contributed by atoms with Gasteiger partial charge in [0.1, 0.15) is 11.9 Å². The minimum absolute atomic E-state index is 0. The summed E-state index contributed by atoms with van der Waals surface area (Å²) < 4.78 is 43.5. The molecule has 1 fully saturated rings. The molecule has 1 aromatic rings. The Hall–Kier alpha value is -1.23. The number of hydrogen-bond donors (Lipinski definition) is 2. The van der Waals surface area contributed by atoms with Gasteiger partial charge in [-0.25, -0.2) is 4.99 Å². The molecule has 2 N–H and O–H groups in total. The minimum atomic E-state index is -4.13. The van der Waals surface area contributed by atoms with Crippen LogP contribution in [0.5, 0.6) is 5.75 Å². The first kappa shape index (κ1) is 25.8. The summed E-state index contributed by atoms with van der Waals surface area (Å²) in [5.74, 6) is 1.70. The maximum Gasteiger partial charge on any atom is 0.401 e. The van der Waals surface area contributed by atoms with Crippen molar-refractivity contribution in [2.45, 2.75) is 39.5 Å². The van der Waals surface area contributed by atoms with Gasteiger partial charge in [0.05, 0.1) is 13.1 Å². The SMILES string of the molecule is CCNC(=NCC(C)Oc1ccccc1C)NCC1CCN(CC(F)(F)F)C1.I. The van der Waals surface area contributed by atoms with Crippen molar-refractivity contribution in [2.75, 3.05) is 39.3 Å². The predicted octanol–water partition coefficient (Wildman–Crippen LogP) is 3.82. The summed E-state index contributed by atoms with van der Waals surface area (Å²) in [5.41, 5.74) is 1.08. The van der Waals surface area contributed by atoms with E-state index in [1.807, 2.05) is 45.0 Å². The molecule has 1 saturated heterocycles. The second-order valence-electron chi connectivity index (χ2n) is 7.30. The van der Waals surface area contributed by atoms with E-state index in [4.69, 9.17) is 4.74 Å². The lowest BCUT2D eigenvalue weighted by molar-refractivity contribution is -0.143. The Kier molecular flexibility index (Phi) is 11.1. The number of rotatable bonds is 8. The molecule has 0 radical (unpaired) electrons. The molecule has 0 amide bonds. The van der Waals surface area contributed by atoms with Gasteiger partial charge in [0.25, 0.3) is 0 Å². The summed E-state index contributed by atoms with van der Waals surface area (Å²) in [7, 11) is 0. The van der Waals surface area contributed by atoms with Gasteiger partial charge in [-0.05, 0) is 51.3 Å². The molecular weight excluding hydrogens is 496 g/mol. The summed E-state index contributed by atoms with van der Waals surface area (Å²) >= 11 is 0. The normalized spacial score (nSPS) is 18.8. The molecule has 0 saturated carbocycles. The molecule has 2 rings (SSSR count). The molecule has 29 heavy (non-hydrogen) atoms. The fourth-order valence-corrected chi connectivity index (χ4v) is 3.22. The minimum Gasteiger partial charge on any atom is -0.489 e. The Morgan fingerprint density at radius 3 is 2.69 bits per heavy atom. The fraction of sp³-hybridized carbons (Fsp3) is 0.650. The van der Waals surface area contributed by atoms with Crippen LogP contribution in [0.1, 0.15) is 25.8 Å². The zero-order valence-electron chi connectivity index (χ0n) is 17.3. The molecule has 1 aliphatic rings. The topological polar surface area (TPSA) is 48.9 Å². The molecule has 166 valence electrons. The summed E-state index contributed by atoms with van der Waals surface area (Å²) in [6.45, 7) is 7.85. The highest BCUT2D eigenvalue weighted by Gasteiger charge is 2.34. The van der Waals surface area contributed by atoms with Crippen LogP contribution in [-0.2, 0) is 0 Å². The van der Waals surface area contributed by atoms with Crippen molar-refractivity contribution in [2.24, 2.45) is 10.9 Å². The number of aliphatic imine (C=N–C) groups is 1. The Labute approximate surface area is 188 Å². The van der Waals surface area contributed by atoms with E-state index in [2.05, 4.69) is 15.6 Å². The van der Waals surface area contributed by atoms with Gasteiger partial charge in [0, 0.05) is 19.6 Å². The Morgan fingerprint density at radius 2 is 2.03 bits per heavy atom. The highest BCUT2D eigenvalue weighted by Crippen LogP contribution is 2.22. The molecule has 1 heterocycles. The third-order valence-electron chi connectivity index (χ3n) is 4.60. The standard InChI is InChI=1S/C20H31F3N4O.HI/c1-4-24-19(25-11-16(3)28-18-8-6-5-7-15(18)2)26-12-17-9-10-27(13-17)14-20(21,22)23;/h5-8,16-17H,4,9-14H2,1-3H3,(H2,24,25,26);1H. The van der Waals surface area contributed by atoms with E-state index in [1.165, 1.54) is 4.90 Å². The number of guanidine groups is 1. The first-order valence-electron chi connectivity index (χ1n) is 9.80. The number of likely N-dealkylation sites (tertiary alicyclic amines) is 1. The molecule has 0 bridgehead atoms. The van der Waals surface area contributed by atoms with Crippen molar-refractivity contribution in [3.63, 3.8) is 0 Å². The number of nitrogens with one attached hydrogen (secondary N) is 2. The molecule has 2 atom stereocenters. The van der Waals surface area contributed by atoms with E-state index in [0.29, 0.717) is 38.7 Å². The quantitative estimate of drug-likeness (QED) is 0.306. The predicted molar refractivity (Wildman–Crippen MR) is 121 cm³/mol. The van der Waals surface area contributed by atoms with Gasteiger partial charge in [0.15, 0.2) is 5.96 Å². The van der Waals surface area contributed by atoms with Crippen molar-refractivity contribution in [1.82, 2.24) is 15.5 Å². The molecule has 1 aromatic carbocycles. The number of hydrogen-bond acceptors (Lipinski definition) is 3. The molecule has 5 nitrogen and oxygen atoms in total. The van der Waals surface area contributed by atoms with Crippen LogP contribution in [-0.4, -0.2) is 62.4 Å². The Bertz CT molecular complexity index is 642. The van der Waals surface area contributed by atoms with Gasteiger partial charge in [-0.1, -0.05) is 18.2 Å². The van der Waals surface area contributed by atoms with Gasteiger partial charge in [-0.3, -0.25) is 4.90 Å². The van der Waals surface area contributed by atoms with Gasteiger partial charge in [-0.15, -0.1) is 24.0 Å². The number of halogens is 4. The van der Waals surface area contributed by atoms with Gasteiger partial charge >= 0.3 is 6.18 Å². The number of nitrogens with zero attached hydrogens (tertiary/aromatic N) is 2. The second kappa shape index (κ2) is 12.5. The zero-order chi connectivity index (χ0) is 20.6. The van der Waals surface area contributed by atoms with E-state index >= 15 is 0 Å². The average molecular weight is 528 g/mol. The van der Waals surface area contributed by atoms with Crippen LogP contribution in [0.3, 0.4) is 0 Å². The monoisotopic (exact) mass is 528 g/mol. The molecular formula is C20H32F3IN4O. The van der Waals surface area contributed by atoms with E-state index in [1.54, 1.807) is 0 Å². The summed E-state index contributed by atoms with van der Waals surface area (Å²) in [5, 5.41) is 6.43. The van der Waals surface area contributed by atoms with Crippen LogP contribution in [0.15, 0.2) is 29.3 Å². The largest absolute Gasteiger partial charge is 0.489 e. The number of para-hydroxylation sites is 1. The fourth-order valence-electron chi connectivity index (χ4n) is 3.22. The molecule has 9 heteroatoms. The van der Waals surface area contributed by atoms with Gasteiger partial charge in [-0.2, -0.15) is 13.2 Å². The van der Waals surface area contributed by atoms with E-state index in [9.17, 15) is 13.2 Å². The zero-order valence-corrected chi connectivity index (χ0v) is 19.6. The van der Waals surface area contributed by atoms with Crippen molar-refractivity contribution < 1.29 is 17.9 Å². The highest BCUT2D eigenvalue weighted by atomic mass is 127. The third kappa shape index (κ3) is 9.88. The number of benzene rings is 1. The maximum atomic E-state index is 12.5. The van der Waals surface area contributed by atoms with Crippen molar-refractivity contribution in [3.05, 3.63) is 29.8 Å². The van der Waals surface area contributed by atoms with Crippen LogP contribution in [0, 0.1) is 12.8 Å². The van der Waals surface area contributed by atoms with Gasteiger partial charge < -0.3 is 15.4 Å². The summed E-state index contributed by atoms with van der Waals surface area (Å²) in [6, 6.07) is 7.84. The van der Waals surface area contributed by atoms with Gasteiger partial charge in [0.2, 0.25) is 0 Å².